The fourth-order valence-electron chi connectivity index (χ4n) is 1.31. The second kappa shape index (κ2) is 5.55. The van der Waals surface area contributed by atoms with Crippen LogP contribution in [-0.2, 0) is 0 Å². The Kier molecular flexibility index (Phi) is 3.84. The van der Waals surface area contributed by atoms with Gasteiger partial charge in [0, 0.05) is 6.07 Å². The van der Waals surface area contributed by atoms with E-state index in [0.717, 1.165) is 5.56 Å². The van der Waals surface area contributed by atoms with E-state index in [1.54, 1.807) is 31.3 Å². The van der Waals surface area contributed by atoms with E-state index in [2.05, 4.69) is 20.5 Å². The van der Waals surface area contributed by atoms with Crippen molar-refractivity contribution in [1.29, 1.82) is 0 Å². The molecule has 1 aromatic carbocycles. The van der Waals surface area contributed by atoms with Gasteiger partial charge in [-0.15, -0.1) is 0 Å². The van der Waals surface area contributed by atoms with Crippen LogP contribution >= 0.6 is 11.6 Å². The van der Waals surface area contributed by atoms with Crippen molar-refractivity contribution in [3.63, 3.8) is 0 Å². The molecule has 1 N–H and O–H groups in total. The van der Waals surface area contributed by atoms with Crippen molar-refractivity contribution < 1.29 is 4.39 Å². The summed E-state index contributed by atoms with van der Waals surface area (Å²) < 4.78 is 12.7. The van der Waals surface area contributed by atoms with Gasteiger partial charge < -0.3 is 0 Å². The number of aromatic nitrogens is 2. The fraction of sp³-hybridized carbons (Fsp3) is 0.0833. The van der Waals surface area contributed by atoms with Crippen molar-refractivity contribution >= 4 is 23.6 Å². The fourth-order valence-corrected chi connectivity index (χ4v) is 1.54. The monoisotopic (exact) mass is 264 g/mol. The van der Waals surface area contributed by atoms with E-state index in [0.29, 0.717) is 16.8 Å². The molecule has 1 aromatic heterocycles. The third-order valence-electron chi connectivity index (χ3n) is 2.07. The van der Waals surface area contributed by atoms with Crippen LogP contribution in [0.2, 0.25) is 5.15 Å². The van der Waals surface area contributed by atoms with Crippen molar-refractivity contribution in [2.45, 2.75) is 6.92 Å². The summed E-state index contributed by atoms with van der Waals surface area (Å²) in [4.78, 5) is 8.03. The summed E-state index contributed by atoms with van der Waals surface area (Å²) in [7, 11) is 0. The molecule has 4 nitrogen and oxygen atoms in total. The Balaban J connectivity index is 2.04. The van der Waals surface area contributed by atoms with Crippen LogP contribution in [0.4, 0.5) is 10.2 Å². The van der Waals surface area contributed by atoms with Crippen LogP contribution in [-0.4, -0.2) is 16.2 Å². The van der Waals surface area contributed by atoms with Crippen molar-refractivity contribution in [2.75, 3.05) is 5.43 Å². The van der Waals surface area contributed by atoms with Gasteiger partial charge in [0.05, 0.1) is 6.21 Å². The molecule has 0 radical (unpaired) electrons. The first-order valence-corrected chi connectivity index (χ1v) is 5.57. The molecule has 0 saturated carbocycles. The molecule has 0 aliphatic rings. The number of nitrogens with one attached hydrogen (secondary N) is 1. The van der Waals surface area contributed by atoms with Crippen LogP contribution in [0, 0.1) is 12.7 Å². The van der Waals surface area contributed by atoms with Crippen LogP contribution in [0.25, 0.3) is 0 Å². The van der Waals surface area contributed by atoms with Crippen LogP contribution < -0.4 is 5.43 Å². The highest BCUT2D eigenvalue weighted by atomic mass is 35.5. The minimum Gasteiger partial charge on any atom is -0.261 e. The molecule has 0 aliphatic heterocycles. The molecular weight excluding hydrogens is 255 g/mol. The second-order valence-electron chi connectivity index (χ2n) is 3.54. The number of rotatable bonds is 3. The van der Waals surface area contributed by atoms with Gasteiger partial charge in [-0.25, -0.2) is 14.4 Å². The van der Waals surface area contributed by atoms with Crippen LogP contribution in [0.15, 0.2) is 35.4 Å². The van der Waals surface area contributed by atoms with Crippen LogP contribution in [0.1, 0.15) is 11.4 Å². The molecule has 0 bridgehead atoms. The summed E-state index contributed by atoms with van der Waals surface area (Å²) in [6, 6.07) is 7.55. The van der Waals surface area contributed by atoms with Crippen LogP contribution in [0.3, 0.4) is 0 Å². The number of hydrogen-bond donors (Lipinski definition) is 1. The summed E-state index contributed by atoms with van der Waals surface area (Å²) in [5.74, 6) is 0.783. The molecule has 0 aliphatic carbocycles. The molecule has 0 spiro atoms. The molecule has 0 saturated heterocycles. The Morgan fingerprint density at radius 1 is 1.28 bits per heavy atom. The van der Waals surface area contributed by atoms with E-state index in [-0.39, 0.29) is 5.82 Å². The Hall–Kier alpha value is -2.01. The minimum atomic E-state index is -0.279. The van der Waals surface area contributed by atoms with E-state index in [1.165, 1.54) is 12.1 Å². The van der Waals surface area contributed by atoms with Gasteiger partial charge in [0.1, 0.15) is 16.8 Å². The van der Waals surface area contributed by atoms with Crippen molar-refractivity contribution in [3.8, 4) is 0 Å². The summed E-state index contributed by atoms with van der Waals surface area (Å²) in [6.45, 7) is 1.74. The van der Waals surface area contributed by atoms with Gasteiger partial charge >= 0.3 is 0 Å². The van der Waals surface area contributed by atoms with E-state index in [1.807, 2.05) is 0 Å². The molecule has 6 heteroatoms. The second-order valence-corrected chi connectivity index (χ2v) is 3.93. The molecule has 0 amide bonds. The highest BCUT2D eigenvalue weighted by Crippen LogP contribution is 2.10. The van der Waals surface area contributed by atoms with Gasteiger partial charge in [-0.2, -0.15) is 5.10 Å². The number of hydrazone groups is 1. The zero-order chi connectivity index (χ0) is 13.0. The zero-order valence-corrected chi connectivity index (χ0v) is 10.3. The van der Waals surface area contributed by atoms with Crippen molar-refractivity contribution in [2.24, 2.45) is 5.10 Å². The molecule has 92 valence electrons. The van der Waals surface area contributed by atoms with Gasteiger partial charge in [0.15, 0.2) is 5.82 Å². The maximum Gasteiger partial charge on any atom is 0.151 e. The first-order chi connectivity index (χ1) is 8.63. The zero-order valence-electron chi connectivity index (χ0n) is 9.56. The van der Waals surface area contributed by atoms with Gasteiger partial charge in [-0.1, -0.05) is 23.7 Å². The van der Waals surface area contributed by atoms with Gasteiger partial charge in [-0.05, 0) is 24.6 Å². The third kappa shape index (κ3) is 3.49. The van der Waals surface area contributed by atoms with E-state index in [9.17, 15) is 4.39 Å². The standard InChI is InChI=1S/C12H10ClFN4/c1-8-16-11(13)6-12(17-8)18-15-7-9-2-4-10(14)5-3-9/h2-7H,1H3,(H,16,17,18)/b15-7+. The van der Waals surface area contributed by atoms with Gasteiger partial charge in [-0.3, -0.25) is 5.43 Å². The molecular formula is C12H10ClFN4. The van der Waals surface area contributed by atoms with Crippen LogP contribution in [0.5, 0.6) is 0 Å². The Morgan fingerprint density at radius 3 is 2.67 bits per heavy atom. The lowest BCUT2D eigenvalue weighted by Crippen LogP contribution is -1.97. The van der Waals surface area contributed by atoms with E-state index < -0.39 is 0 Å². The summed E-state index contributed by atoms with van der Waals surface area (Å²) in [5.41, 5.74) is 3.51. The summed E-state index contributed by atoms with van der Waals surface area (Å²) >= 11 is 5.78. The molecule has 2 aromatic rings. The van der Waals surface area contributed by atoms with Gasteiger partial charge in [0.25, 0.3) is 0 Å². The lowest BCUT2D eigenvalue weighted by molar-refractivity contribution is 0.628. The highest BCUT2D eigenvalue weighted by molar-refractivity contribution is 6.29. The molecule has 0 atom stereocenters. The largest absolute Gasteiger partial charge is 0.261 e. The SMILES string of the molecule is Cc1nc(Cl)cc(N/N=C/c2ccc(F)cc2)n1. The molecule has 0 unspecified atom stereocenters. The predicted molar refractivity (Wildman–Crippen MR) is 69.4 cm³/mol. The average Bonchev–Trinajstić information content (AvgIpc) is 2.30. The van der Waals surface area contributed by atoms with E-state index in [4.69, 9.17) is 11.6 Å². The smallest absolute Gasteiger partial charge is 0.151 e. The van der Waals surface area contributed by atoms with E-state index >= 15 is 0 Å². The quantitative estimate of drug-likeness (QED) is 0.527. The Morgan fingerprint density at radius 2 is 2.00 bits per heavy atom. The number of aryl methyl sites for hydroxylation is 1. The number of halogens is 2. The molecule has 1 heterocycles. The Bertz CT molecular complexity index is 549. The highest BCUT2D eigenvalue weighted by Gasteiger charge is 1.97. The first-order valence-electron chi connectivity index (χ1n) is 5.19. The topological polar surface area (TPSA) is 50.2 Å². The summed E-state index contributed by atoms with van der Waals surface area (Å²) in [6.07, 6.45) is 1.56. The summed E-state index contributed by atoms with van der Waals surface area (Å²) in [5, 5.41) is 4.33. The lowest BCUT2D eigenvalue weighted by atomic mass is 10.2. The maximum atomic E-state index is 12.7. The normalized spacial score (nSPS) is 10.8. The Labute approximate surface area is 109 Å². The number of nitrogens with zero attached hydrogens (tertiary/aromatic N) is 3. The first kappa shape index (κ1) is 12.4. The molecule has 18 heavy (non-hydrogen) atoms. The lowest BCUT2D eigenvalue weighted by Gasteiger charge is -2.00. The van der Waals surface area contributed by atoms with Crippen molar-refractivity contribution in [3.05, 3.63) is 52.7 Å². The molecule has 0 fully saturated rings. The van der Waals surface area contributed by atoms with Crippen molar-refractivity contribution in [1.82, 2.24) is 9.97 Å². The number of hydrogen-bond acceptors (Lipinski definition) is 4. The van der Waals surface area contributed by atoms with Gasteiger partial charge in [0.2, 0.25) is 0 Å². The number of anilines is 1. The minimum absolute atomic E-state index is 0.279. The average molecular weight is 265 g/mol. The maximum absolute atomic E-state index is 12.7. The molecule has 2 rings (SSSR count). The predicted octanol–water partition coefficient (Wildman–Crippen LogP) is 3.02. The number of benzene rings is 1. The third-order valence-corrected chi connectivity index (χ3v) is 2.26.